The van der Waals surface area contributed by atoms with Crippen LogP contribution in [-0.4, -0.2) is 20.3 Å². The van der Waals surface area contributed by atoms with E-state index in [1.54, 1.807) is 11.6 Å². The number of pyridine rings is 1. The summed E-state index contributed by atoms with van der Waals surface area (Å²) in [6, 6.07) is 16.6. The molecule has 0 spiro atoms. The Kier molecular flexibility index (Phi) is 5.43. The fraction of sp³-hybridized carbons (Fsp3) is 0.111. The highest BCUT2D eigenvalue weighted by atomic mass is 35.5. The summed E-state index contributed by atoms with van der Waals surface area (Å²) in [5.74, 6) is -0.452. The standard InChI is InChI=1S/C27H18ClN3O3S/c28-21-7-3-1-5-16(21)13-17-9-10-20-24(19-6-2-4-8-22(19)30-25(17)20)26(33)34-15-18-14-23(32)31-11-12-35-27(31)29-18/h1-8,11-14H,9-10,15H2/b17-13+. The molecule has 35 heavy (non-hydrogen) atoms. The van der Waals surface area contributed by atoms with Gasteiger partial charge in [0.15, 0.2) is 4.96 Å². The Hall–Kier alpha value is -3.81. The second-order valence-electron chi connectivity index (χ2n) is 8.24. The van der Waals surface area contributed by atoms with E-state index < -0.39 is 5.97 Å². The molecule has 0 bridgehead atoms. The second kappa shape index (κ2) is 8.76. The highest BCUT2D eigenvalue weighted by molar-refractivity contribution is 7.15. The number of hydrogen-bond acceptors (Lipinski definition) is 6. The van der Waals surface area contributed by atoms with Gasteiger partial charge in [-0.05, 0) is 47.8 Å². The van der Waals surface area contributed by atoms with Gasteiger partial charge in [0.25, 0.3) is 5.56 Å². The number of esters is 1. The van der Waals surface area contributed by atoms with Crippen LogP contribution in [0.15, 0.2) is 71.0 Å². The van der Waals surface area contributed by atoms with Crippen LogP contribution in [0.25, 0.3) is 27.5 Å². The van der Waals surface area contributed by atoms with Gasteiger partial charge in [-0.25, -0.2) is 14.8 Å². The van der Waals surface area contributed by atoms with Gasteiger partial charge >= 0.3 is 5.97 Å². The van der Waals surface area contributed by atoms with E-state index in [1.807, 2.05) is 54.6 Å². The van der Waals surface area contributed by atoms with E-state index in [-0.39, 0.29) is 12.2 Å². The third kappa shape index (κ3) is 3.92. The van der Waals surface area contributed by atoms with Crippen molar-refractivity contribution in [3.8, 4) is 0 Å². The van der Waals surface area contributed by atoms with Crippen molar-refractivity contribution in [3.63, 3.8) is 0 Å². The van der Waals surface area contributed by atoms with Crippen LogP contribution in [0.5, 0.6) is 0 Å². The van der Waals surface area contributed by atoms with Crippen molar-refractivity contribution in [2.24, 2.45) is 0 Å². The van der Waals surface area contributed by atoms with Crippen molar-refractivity contribution in [1.82, 2.24) is 14.4 Å². The van der Waals surface area contributed by atoms with Crippen LogP contribution in [-0.2, 0) is 17.8 Å². The number of aromatic nitrogens is 3. The molecule has 8 heteroatoms. The zero-order valence-electron chi connectivity index (χ0n) is 18.4. The number of fused-ring (bicyclic) bond motifs is 3. The lowest BCUT2D eigenvalue weighted by Crippen LogP contribution is -2.15. The second-order valence-corrected chi connectivity index (χ2v) is 9.52. The number of carbonyl (C=O) groups excluding carboxylic acids is 1. The molecule has 0 unspecified atom stereocenters. The minimum Gasteiger partial charge on any atom is -0.456 e. The van der Waals surface area contributed by atoms with E-state index in [1.165, 1.54) is 21.8 Å². The minimum absolute atomic E-state index is 0.0871. The Labute approximate surface area is 209 Å². The maximum Gasteiger partial charge on any atom is 0.339 e. The average Bonchev–Trinajstić information content (AvgIpc) is 3.50. The van der Waals surface area contributed by atoms with Gasteiger partial charge < -0.3 is 4.74 Å². The predicted octanol–water partition coefficient (Wildman–Crippen LogP) is 5.80. The van der Waals surface area contributed by atoms with E-state index >= 15 is 0 Å². The molecule has 6 nitrogen and oxygen atoms in total. The lowest BCUT2D eigenvalue weighted by Gasteiger charge is -2.12. The quantitative estimate of drug-likeness (QED) is 0.292. The molecule has 0 aliphatic heterocycles. The molecule has 0 saturated heterocycles. The summed E-state index contributed by atoms with van der Waals surface area (Å²) < 4.78 is 7.15. The van der Waals surface area contributed by atoms with E-state index in [4.69, 9.17) is 21.3 Å². The van der Waals surface area contributed by atoms with Crippen LogP contribution in [0.4, 0.5) is 0 Å². The number of ether oxygens (including phenoxy) is 1. The van der Waals surface area contributed by atoms with Gasteiger partial charge in [0.05, 0.1) is 22.5 Å². The van der Waals surface area contributed by atoms with E-state index in [0.29, 0.717) is 27.7 Å². The Morgan fingerprint density at radius 2 is 1.94 bits per heavy atom. The summed E-state index contributed by atoms with van der Waals surface area (Å²) in [6.45, 7) is -0.0871. The Balaban J connectivity index is 1.39. The summed E-state index contributed by atoms with van der Waals surface area (Å²) in [5.41, 5.74) is 5.07. The molecule has 3 heterocycles. The van der Waals surface area contributed by atoms with Crippen molar-refractivity contribution >= 4 is 56.4 Å². The van der Waals surface area contributed by atoms with Gasteiger partial charge in [-0.2, -0.15) is 0 Å². The van der Waals surface area contributed by atoms with Crippen LogP contribution in [0.2, 0.25) is 5.02 Å². The SMILES string of the molecule is O=C(OCc1cc(=O)n2ccsc2n1)c1c2c(nc3ccccc13)/C(=C/c1ccccc1Cl)CC2. The first-order valence-electron chi connectivity index (χ1n) is 11.1. The van der Waals surface area contributed by atoms with E-state index in [2.05, 4.69) is 4.98 Å². The highest BCUT2D eigenvalue weighted by Gasteiger charge is 2.28. The summed E-state index contributed by atoms with van der Waals surface area (Å²) in [7, 11) is 0. The molecule has 0 saturated carbocycles. The van der Waals surface area contributed by atoms with Crippen LogP contribution in [0, 0.1) is 0 Å². The zero-order valence-corrected chi connectivity index (χ0v) is 20.0. The average molecular weight is 500 g/mol. The number of halogens is 1. The lowest BCUT2D eigenvalue weighted by atomic mass is 10.0. The van der Waals surface area contributed by atoms with Crippen molar-refractivity contribution in [2.45, 2.75) is 19.4 Å². The molecule has 6 rings (SSSR count). The number of carbonyl (C=O) groups is 1. The third-order valence-electron chi connectivity index (χ3n) is 6.09. The first-order chi connectivity index (χ1) is 17.1. The highest BCUT2D eigenvalue weighted by Crippen LogP contribution is 2.38. The normalized spacial score (nSPS) is 14.0. The Bertz CT molecular complexity index is 1720. The van der Waals surface area contributed by atoms with Gasteiger partial charge in [-0.15, -0.1) is 11.3 Å². The van der Waals surface area contributed by atoms with Gasteiger partial charge in [-0.3, -0.25) is 9.20 Å². The largest absolute Gasteiger partial charge is 0.456 e. The lowest BCUT2D eigenvalue weighted by molar-refractivity contribution is 0.0469. The van der Waals surface area contributed by atoms with E-state index in [0.717, 1.165) is 39.7 Å². The topological polar surface area (TPSA) is 73.6 Å². The molecular formula is C27H18ClN3O3S. The predicted molar refractivity (Wildman–Crippen MR) is 138 cm³/mol. The molecule has 5 aromatic rings. The van der Waals surface area contributed by atoms with Crippen LogP contribution in [0.1, 0.15) is 39.3 Å². The number of benzene rings is 2. The van der Waals surface area contributed by atoms with Crippen molar-refractivity contribution in [2.75, 3.05) is 0 Å². The van der Waals surface area contributed by atoms with Crippen LogP contribution >= 0.6 is 22.9 Å². The third-order valence-corrected chi connectivity index (χ3v) is 7.19. The molecule has 0 atom stereocenters. The fourth-order valence-electron chi connectivity index (χ4n) is 4.47. The molecule has 0 radical (unpaired) electrons. The van der Waals surface area contributed by atoms with E-state index in [9.17, 15) is 9.59 Å². The van der Waals surface area contributed by atoms with Gasteiger partial charge in [0, 0.05) is 28.1 Å². The number of thiazole rings is 1. The molecule has 3 aromatic heterocycles. The molecule has 1 aliphatic rings. The van der Waals surface area contributed by atoms with Crippen molar-refractivity contribution < 1.29 is 9.53 Å². The maximum absolute atomic E-state index is 13.4. The monoisotopic (exact) mass is 499 g/mol. The molecule has 0 N–H and O–H groups in total. The molecular weight excluding hydrogens is 482 g/mol. The van der Waals surface area contributed by atoms with Crippen LogP contribution < -0.4 is 5.56 Å². The molecule has 2 aromatic carbocycles. The summed E-state index contributed by atoms with van der Waals surface area (Å²) >= 11 is 7.73. The zero-order chi connectivity index (χ0) is 23.9. The van der Waals surface area contributed by atoms with Gasteiger partial charge in [0.2, 0.25) is 0 Å². The van der Waals surface area contributed by atoms with Crippen molar-refractivity contribution in [1.29, 1.82) is 0 Å². The summed E-state index contributed by atoms with van der Waals surface area (Å²) in [6.07, 6.45) is 5.14. The summed E-state index contributed by atoms with van der Waals surface area (Å²) in [5, 5.41) is 3.21. The minimum atomic E-state index is -0.452. The van der Waals surface area contributed by atoms with Gasteiger partial charge in [-0.1, -0.05) is 48.0 Å². The Morgan fingerprint density at radius 1 is 1.11 bits per heavy atom. The Morgan fingerprint density at radius 3 is 2.83 bits per heavy atom. The number of nitrogens with zero attached hydrogens (tertiary/aromatic N) is 3. The molecule has 0 amide bonds. The first kappa shape index (κ1) is 21.7. The number of rotatable bonds is 4. The summed E-state index contributed by atoms with van der Waals surface area (Å²) in [4.78, 5) is 35.6. The molecule has 172 valence electrons. The van der Waals surface area contributed by atoms with Crippen molar-refractivity contribution in [3.05, 3.63) is 110 Å². The van der Waals surface area contributed by atoms with Crippen LogP contribution in [0.3, 0.4) is 0 Å². The first-order valence-corrected chi connectivity index (χ1v) is 12.3. The van der Waals surface area contributed by atoms with Gasteiger partial charge in [0.1, 0.15) is 6.61 Å². The number of allylic oxidation sites excluding steroid dienone is 1. The fourth-order valence-corrected chi connectivity index (χ4v) is 5.39. The number of hydrogen-bond donors (Lipinski definition) is 0. The molecule has 0 fully saturated rings. The maximum atomic E-state index is 13.4. The molecule has 1 aliphatic carbocycles. The number of para-hydroxylation sites is 1. The smallest absolute Gasteiger partial charge is 0.339 e.